The van der Waals surface area contributed by atoms with E-state index in [2.05, 4.69) is 26.2 Å². The Bertz CT molecular complexity index is 614. The van der Waals surface area contributed by atoms with Gasteiger partial charge in [-0.3, -0.25) is 4.79 Å². The van der Waals surface area contributed by atoms with E-state index in [0.717, 1.165) is 10.2 Å². The zero-order valence-electron chi connectivity index (χ0n) is 10.5. The van der Waals surface area contributed by atoms with Crippen LogP contribution in [-0.2, 0) is 11.3 Å². The third-order valence-electron chi connectivity index (χ3n) is 2.63. The summed E-state index contributed by atoms with van der Waals surface area (Å²) in [5, 5.41) is 8.62. The number of nitrogens with zero attached hydrogens (tertiary/aromatic N) is 4. The zero-order valence-corrected chi connectivity index (χ0v) is 12.8. The summed E-state index contributed by atoms with van der Waals surface area (Å²) >= 11 is 9.50. The van der Waals surface area contributed by atoms with Crippen LogP contribution in [0.5, 0.6) is 0 Å². The lowest BCUT2D eigenvalue weighted by atomic mass is 10.3. The molecule has 0 N–H and O–H groups in total. The van der Waals surface area contributed by atoms with Gasteiger partial charge in [0.1, 0.15) is 5.69 Å². The highest BCUT2D eigenvalue weighted by Crippen LogP contribution is 2.24. The summed E-state index contributed by atoms with van der Waals surface area (Å²) in [7, 11) is 1.72. The van der Waals surface area contributed by atoms with Crippen molar-refractivity contribution in [3.63, 3.8) is 0 Å². The van der Waals surface area contributed by atoms with Crippen LogP contribution in [0.1, 0.15) is 12.6 Å². The summed E-state index contributed by atoms with van der Waals surface area (Å²) in [6.07, 6.45) is 1.76. The van der Waals surface area contributed by atoms with E-state index in [1.54, 1.807) is 28.9 Å². The first-order valence-electron chi connectivity index (χ1n) is 5.55. The van der Waals surface area contributed by atoms with E-state index in [1.807, 2.05) is 12.1 Å². The van der Waals surface area contributed by atoms with Crippen LogP contribution in [0.25, 0.3) is 5.69 Å². The van der Waals surface area contributed by atoms with Crippen LogP contribution in [0, 0.1) is 0 Å². The Hall–Kier alpha value is -1.40. The van der Waals surface area contributed by atoms with Gasteiger partial charge in [0.05, 0.1) is 23.5 Å². The van der Waals surface area contributed by atoms with Gasteiger partial charge in [-0.2, -0.15) is 0 Å². The van der Waals surface area contributed by atoms with Gasteiger partial charge in [0, 0.05) is 18.4 Å². The van der Waals surface area contributed by atoms with Crippen LogP contribution in [0.3, 0.4) is 0 Å². The van der Waals surface area contributed by atoms with Crippen LogP contribution >= 0.6 is 27.5 Å². The number of carbonyl (C=O) groups is 1. The number of aromatic nitrogens is 3. The average Bonchev–Trinajstić information content (AvgIpc) is 2.77. The fourth-order valence-electron chi connectivity index (χ4n) is 1.51. The number of carbonyl (C=O) groups excluding carboxylic acids is 1. The first kappa shape index (κ1) is 14.0. The molecule has 1 heterocycles. The third kappa shape index (κ3) is 3.33. The topological polar surface area (TPSA) is 51.0 Å². The Balaban J connectivity index is 2.23. The minimum atomic E-state index is -0.0174. The predicted molar refractivity (Wildman–Crippen MR) is 76.2 cm³/mol. The Labute approximate surface area is 124 Å². The third-order valence-corrected chi connectivity index (χ3v) is 3.43. The van der Waals surface area contributed by atoms with E-state index in [-0.39, 0.29) is 5.91 Å². The molecule has 1 aromatic carbocycles. The van der Waals surface area contributed by atoms with Crippen molar-refractivity contribution in [2.75, 3.05) is 7.05 Å². The first-order chi connectivity index (χ1) is 8.97. The minimum absolute atomic E-state index is 0.0174. The number of hydrogen-bond donors (Lipinski definition) is 0. The number of hydrogen-bond acceptors (Lipinski definition) is 3. The Morgan fingerprint density at radius 2 is 2.26 bits per heavy atom. The lowest BCUT2D eigenvalue weighted by Crippen LogP contribution is -2.23. The van der Waals surface area contributed by atoms with Crippen LogP contribution in [0.4, 0.5) is 0 Å². The molecule has 0 radical (unpaired) electrons. The Morgan fingerprint density at radius 1 is 1.53 bits per heavy atom. The normalized spacial score (nSPS) is 10.5. The van der Waals surface area contributed by atoms with E-state index in [0.29, 0.717) is 17.3 Å². The van der Waals surface area contributed by atoms with E-state index < -0.39 is 0 Å². The number of rotatable bonds is 3. The van der Waals surface area contributed by atoms with Gasteiger partial charge in [-0.15, -0.1) is 5.10 Å². The van der Waals surface area contributed by atoms with Gasteiger partial charge in [0.25, 0.3) is 0 Å². The second-order valence-corrected chi connectivity index (χ2v) is 5.45. The van der Waals surface area contributed by atoms with Crippen molar-refractivity contribution in [3.8, 4) is 5.69 Å². The standard InChI is InChI=1S/C12H12BrClN4O/c1-8(19)17(2)6-10-7-18(16-15-10)12-4-3-9(13)5-11(12)14/h3-5,7H,6H2,1-2H3. The number of amides is 1. The molecule has 0 aliphatic heterocycles. The summed E-state index contributed by atoms with van der Waals surface area (Å²) < 4.78 is 2.50. The van der Waals surface area contributed by atoms with Crippen molar-refractivity contribution in [2.24, 2.45) is 0 Å². The van der Waals surface area contributed by atoms with Gasteiger partial charge >= 0.3 is 0 Å². The van der Waals surface area contributed by atoms with Gasteiger partial charge in [0.2, 0.25) is 5.91 Å². The molecule has 0 aliphatic carbocycles. The van der Waals surface area contributed by atoms with Crippen molar-refractivity contribution in [3.05, 3.63) is 39.6 Å². The lowest BCUT2D eigenvalue weighted by Gasteiger charge is -2.11. The van der Waals surface area contributed by atoms with Crippen molar-refractivity contribution < 1.29 is 4.79 Å². The fourth-order valence-corrected chi connectivity index (χ4v) is 2.27. The van der Waals surface area contributed by atoms with Crippen LogP contribution < -0.4 is 0 Å². The van der Waals surface area contributed by atoms with Gasteiger partial charge in [-0.1, -0.05) is 32.7 Å². The fraction of sp³-hybridized carbons (Fsp3) is 0.250. The molecule has 0 atom stereocenters. The van der Waals surface area contributed by atoms with Gasteiger partial charge in [-0.25, -0.2) is 4.68 Å². The molecule has 2 aromatic rings. The molecular weight excluding hydrogens is 332 g/mol. The van der Waals surface area contributed by atoms with Crippen molar-refractivity contribution in [1.29, 1.82) is 0 Å². The summed E-state index contributed by atoms with van der Waals surface area (Å²) in [6, 6.07) is 5.52. The SMILES string of the molecule is CC(=O)N(C)Cc1cn(-c2ccc(Br)cc2Cl)nn1. The Kier molecular flexibility index (Phi) is 4.21. The molecule has 0 unspecified atom stereocenters. The smallest absolute Gasteiger partial charge is 0.219 e. The quantitative estimate of drug-likeness (QED) is 0.861. The maximum Gasteiger partial charge on any atom is 0.219 e. The molecule has 7 heteroatoms. The highest BCUT2D eigenvalue weighted by molar-refractivity contribution is 9.10. The van der Waals surface area contributed by atoms with E-state index in [9.17, 15) is 4.79 Å². The van der Waals surface area contributed by atoms with Gasteiger partial charge in [0.15, 0.2) is 0 Å². The molecule has 0 bridgehead atoms. The molecular formula is C12H12BrClN4O. The summed E-state index contributed by atoms with van der Waals surface area (Å²) in [4.78, 5) is 12.7. The maximum atomic E-state index is 11.2. The first-order valence-corrected chi connectivity index (χ1v) is 6.73. The van der Waals surface area contributed by atoms with E-state index in [1.165, 1.54) is 6.92 Å². The molecule has 0 saturated heterocycles. The van der Waals surface area contributed by atoms with Gasteiger partial charge in [-0.05, 0) is 18.2 Å². The van der Waals surface area contributed by atoms with Gasteiger partial charge < -0.3 is 4.90 Å². The van der Waals surface area contributed by atoms with Crippen molar-refractivity contribution in [2.45, 2.75) is 13.5 Å². The predicted octanol–water partition coefficient (Wildman–Crippen LogP) is 2.66. The second kappa shape index (κ2) is 5.71. The number of halogens is 2. The van der Waals surface area contributed by atoms with E-state index >= 15 is 0 Å². The molecule has 2 rings (SSSR count). The highest BCUT2D eigenvalue weighted by Gasteiger charge is 2.10. The molecule has 5 nitrogen and oxygen atoms in total. The lowest BCUT2D eigenvalue weighted by molar-refractivity contribution is -0.128. The van der Waals surface area contributed by atoms with E-state index in [4.69, 9.17) is 11.6 Å². The van der Waals surface area contributed by atoms with Crippen molar-refractivity contribution in [1.82, 2.24) is 19.9 Å². The van der Waals surface area contributed by atoms with Crippen LogP contribution in [0.15, 0.2) is 28.9 Å². The van der Waals surface area contributed by atoms with Crippen LogP contribution in [0.2, 0.25) is 5.02 Å². The molecule has 0 saturated carbocycles. The summed E-state index contributed by atoms with van der Waals surface area (Å²) in [6.45, 7) is 1.93. The summed E-state index contributed by atoms with van der Waals surface area (Å²) in [5.41, 5.74) is 1.45. The monoisotopic (exact) mass is 342 g/mol. The summed E-state index contributed by atoms with van der Waals surface area (Å²) in [5.74, 6) is -0.0174. The second-order valence-electron chi connectivity index (χ2n) is 4.13. The average molecular weight is 344 g/mol. The number of benzene rings is 1. The van der Waals surface area contributed by atoms with Crippen molar-refractivity contribution >= 4 is 33.4 Å². The molecule has 100 valence electrons. The molecule has 1 amide bonds. The molecule has 1 aromatic heterocycles. The Morgan fingerprint density at radius 3 is 2.89 bits per heavy atom. The largest absolute Gasteiger partial charge is 0.340 e. The molecule has 19 heavy (non-hydrogen) atoms. The molecule has 0 spiro atoms. The molecule has 0 aliphatic rings. The maximum absolute atomic E-state index is 11.2. The highest BCUT2D eigenvalue weighted by atomic mass is 79.9. The van der Waals surface area contributed by atoms with Crippen LogP contribution in [-0.4, -0.2) is 32.8 Å². The molecule has 0 fully saturated rings. The zero-order chi connectivity index (χ0) is 14.0. The minimum Gasteiger partial charge on any atom is -0.340 e.